The Kier molecular flexibility index (Phi) is 5.30. The molecule has 26 heavy (non-hydrogen) atoms. The topological polar surface area (TPSA) is 86.7 Å². The number of benzene rings is 1. The molecule has 1 saturated heterocycles. The summed E-state index contributed by atoms with van der Waals surface area (Å²) in [5, 5.41) is 12.5. The monoisotopic (exact) mass is 358 g/mol. The van der Waals surface area contributed by atoms with Gasteiger partial charge in [-0.1, -0.05) is 43.2 Å². The third-order valence-electron chi connectivity index (χ3n) is 5.79. The number of carboxylic acid groups (broad SMARTS) is 1. The molecule has 1 saturated carbocycles. The van der Waals surface area contributed by atoms with E-state index in [1.165, 1.54) is 0 Å². The van der Waals surface area contributed by atoms with E-state index in [4.69, 9.17) is 0 Å². The Balaban J connectivity index is 1.62. The summed E-state index contributed by atoms with van der Waals surface area (Å²) in [4.78, 5) is 38.5. The summed E-state index contributed by atoms with van der Waals surface area (Å²) >= 11 is 0. The number of carboxylic acids is 1. The van der Waals surface area contributed by atoms with Gasteiger partial charge in [-0.25, -0.2) is 0 Å². The van der Waals surface area contributed by atoms with Crippen LogP contribution in [0.15, 0.2) is 30.3 Å². The molecule has 0 radical (unpaired) electrons. The van der Waals surface area contributed by atoms with Gasteiger partial charge in [0.1, 0.15) is 5.41 Å². The average molecular weight is 358 g/mol. The van der Waals surface area contributed by atoms with Crippen molar-refractivity contribution in [1.29, 1.82) is 0 Å². The number of likely N-dealkylation sites (tertiary alicyclic amines) is 1. The van der Waals surface area contributed by atoms with E-state index in [-0.39, 0.29) is 30.8 Å². The molecule has 0 spiro atoms. The third-order valence-corrected chi connectivity index (χ3v) is 5.79. The maximum atomic E-state index is 12.6. The molecule has 140 valence electrons. The molecular formula is C20H26N2O4. The van der Waals surface area contributed by atoms with Crippen molar-refractivity contribution in [3.63, 3.8) is 0 Å². The normalized spacial score (nSPS) is 23.0. The fourth-order valence-corrected chi connectivity index (χ4v) is 3.99. The van der Waals surface area contributed by atoms with E-state index in [9.17, 15) is 19.5 Å². The van der Waals surface area contributed by atoms with Gasteiger partial charge in [0, 0.05) is 25.6 Å². The summed E-state index contributed by atoms with van der Waals surface area (Å²) in [5.74, 6) is -1.57. The number of aliphatic carboxylic acids is 1. The standard InChI is InChI=1S/C20H26N2O4/c1-20(19(25)26,15-7-3-2-4-8-15)13-21-18(24)14-11-17(23)22(12-14)16-9-5-6-10-16/h2-4,7-8,14,16H,5-6,9-13H2,1H3,(H,21,24)(H,25,26). The lowest BCUT2D eigenvalue weighted by molar-refractivity contribution is -0.143. The fourth-order valence-electron chi connectivity index (χ4n) is 3.99. The highest BCUT2D eigenvalue weighted by molar-refractivity contribution is 5.90. The minimum atomic E-state index is -1.20. The summed E-state index contributed by atoms with van der Waals surface area (Å²) in [5.41, 5.74) is -0.562. The van der Waals surface area contributed by atoms with Crippen LogP contribution in [0.1, 0.15) is 44.6 Å². The van der Waals surface area contributed by atoms with Crippen LogP contribution < -0.4 is 5.32 Å². The number of hydrogen-bond donors (Lipinski definition) is 2. The highest BCUT2D eigenvalue weighted by atomic mass is 16.4. The Morgan fingerprint density at radius 2 is 1.88 bits per heavy atom. The molecule has 2 N–H and O–H groups in total. The van der Waals surface area contributed by atoms with Gasteiger partial charge in [-0.05, 0) is 25.3 Å². The van der Waals surface area contributed by atoms with Crippen molar-refractivity contribution in [2.45, 2.75) is 50.5 Å². The molecule has 1 heterocycles. The maximum Gasteiger partial charge on any atom is 0.315 e. The van der Waals surface area contributed by atoms with Crippen LogP contribution in [-0.4, -0.2) is 46.9 Å². The van der Waals surface area contributed by atoms with Crippen LogP contribution in [0.3, 0.4) is 0 Å². The second-order valence-electron chi connectivity index (χ2n) is 7.61. The van der Waals surface area contributed by atoms with Crippen LogP contribution in [0.5, 0.6) is 0 Å². The zero-order chi connectivity index (χ0) is 18.7. The molecule has 0 aromatic heterocycles. The molecule has 2 unspecified atom stereocenters. The number of rotatable bonds is 6. The first-order valence-electron chi connectivity index (χ1n) is 9.28. The number of nitrogens with zero attached hydrogens (tertiary/aromatic N) is 1. The van der Waals surface area contributed by atoms with Gasteiger partial charge in [0.25, 0.3) is 0 Å². The van der Waals surface area contributed by atoms with E-state index in [0.29, 0.717) is 12.1 Å². The van der Waals surface area contributed by atoms with Gasteiger partial charge in [-0.2, -0.15) is 0 Å². The molecule has 6 heteroatoms. The first-order chi connectivity index (χ1) is 12.4. The molecule has 1 aromatic rings. The van der Waals surface area contributed by atoms with E-state index >= 15 is 0 Å². The first kappa shape index (κ1) is 18.4. The van der Waals surface area contributed by atoms with Crippen LogP contribution in [0.25, 0.3) is 0 Å². The predicted octanol–water partition coefficient (Wildman–Crippen LogP) is 1.94. The molecule has 2 atom stereocenters. The van der Waals surface area contributed by atoms with Crippen LogP contribution >= 0.6 is 0 Å². The molecule has 2 aliphatic rings. The zero-order valence-electron chi connectivity index (χ0n) is 15.1. The van der Waals surface area contributed by atoms with Gasteiger partial charge in [0.2, 0.25) is 11.8 Å². The van der Waals surface area contributed by atoms with Crippen molar-refractivity contribution < 1.29 is 19.5 Å². The predicted molar refractivity (Wildman–Crippen MR) is 96.5 cm³/mol. The zero-order valence-corrected chi connectivity index (χ0v) is 15.1. The van der Waals surface area contributed by atoms with E-state index in [2.05, 4.69) is 5.32 Å². The Bertz CT molecular complexity index is 684. The van der Waals surface area contributed by atoms with Gasteiger partial charge in [-0.3, -0.25) is 14.4 Å². The molecule has 0 bridgehead atoms. The highest BCUT2D eigenvalue weighted by Gasteiger charge is 2.40. The second kappa shape index (κ2) is 7.48. The average Bonchev–Trinajstić information content (AvgIpc) is 3.29. The maximum absolute atomic E-state index is 12.6. The number of carbonyl (C=O) groups is 3. The Morgan fingerprint density at radius 3 is 2.50 bits per heavy atom. The molecular weight excluding hydrogens is 332 g/mol. The van der Waals surface area contributed by atoms with E-state index < -0.39 is 17.3 Å². The van der Waals surface area contributed by atoms with Crippen molar-refractivity contribution in [2.75, 3.05) is 13.1 Å². The van der Waals surface area contributed by atoms with Gasteiger partial charge >= 0.3 is 5.97 Å². The summed E-state index contributed by atoms with van der Waals surface area (Å²) in [6, 6.07) is 9.17. The van der Waals surface area contributed by atoms with Crippen LogP contribution in [0.2, 0.25) is 0 Å². The van der Waals surface area contributed by atoms with Crippen molar-refractivity contribution in [3.8, 4) is 0 Å². The summed E-state index contributed by atoms with van der Waals surface area (Å²) in [7, 11) is 0. The number of hydrogen-bond acceptors (Lipinski definition) is 3. The SMILES string of the molecule is CC(CNC(=O)C1CC(=O)N(C2CCCC2)C1)(C(=O)O)c1ccccc1. The van der Waals surface area contributed by atoms with Crippen LogP contribution in [-0.2, 0) is 19.8 Å². The van der Waals surface area contributed by atoms with Gasteiger partial charge < -0.3 is 15.3 Å². The Labute approximate surface area is 153 Å². The minimum absolute atomic E-state index is 0.000695. The molecule has 3 rings (SSSR count). The summed E-state index contributed by atoms with van der Waals surface area (Å²) < 4.78 is 0. The van der Waals surface area contributed by atoms with Crippen LogP contribution in [0, 0.1) is 5.92 Å². The van der Waals surface area contributed by atoms with Crippen LogP contribution in [0.4, 0.5) is 0 Å². The quantitative estimate of drug-likeness (QED) is 0.814. The number of carbonyl (C=O) groups excluding carboxylic acids is 2. The molecule has 2 amide bonds. The van der Waals surface area contributed by atoms with Crippen molar-refractivity contribution in [2.24, 2.45) is 5.92 Å². The van der Waals surface area contributed by atoms with Crippen molar-refractivity contribution in [1.82, 2.24) is 10.2 Å². The van der Waals surface area contributed by atoms with Crippen molar-refractivity contribution >= 4 is 17.8 Å². The van der Waals surface area contributed by atoms with Gasteiger partial charge in [0.05, 0.1) is 5.92 Å². The molecule has 6 nitrogen and oxygen atoms in total. The largest absolute Gasteiger partial charge is 0.481 e. The van der Waals surface area contributed by atoms with Crippen molar-refractivity contribution in [3.05, 3.63) is 35.9 Å². The minimum Gasteiger partial charge on any atom is -0.481 e. The molecule has 2 fully saturated rings. The molecule has 1 aromatic carbocycles. The Morgan fingerprint density at radius 1 is 1.23 bits per heavy atom. The first-order valence-corrected chi connectivity index (χ1v) is 9.28. The van der Waals surface area contributed by atoms with Gasteiger partial charge in [-0.15, -0.1) is 0 Å². The molecule has 1 aliphatic heterocycles. The van der Waals surface area contributed by atoms with E-state index in [0.717, 1.165) is 25.7 Å². The summed E-state index contributed by atoms with van der Waals surface area (Å²) in [6.07, 6.45) is 4.53. The fraction of sp³-hybridized carbons (Fsp3) is 0.550. The Hall–Kier alpha value is -2.37. The third kappa shape index (κ3) is 3.59. The smallest absolute Gasteiger partial charge is 0.315 e. The van der Waals surface area contributed by atoms with E-state index in [1.807, 2.05) is 11.0 Å². The van der Waals surface area contributed by atoms with E-state index in [1.54, 1.807) is 31.2 Å². The summed E-state index contributed by atoms with van der Waals surface area (Å²) in [6.45, 7) is 2.05. The lowest BCUT2D eigenvalue weighted by atomic mass is 9.82. The number of amides is 2. The lowest BCUT2D eigenvalue weighted by Crippen LogP contribution is -2.46. The number of nitrogens with one attached hydrogen (secondary N) is 1. The highest BCUT2D eigenvalue weighted by Crippen LogP contribution is 2.30. The second-order valence-corrected chi connectivity index (χ2v) is 7.61. The van der Waals surface area contributed by atoms with Gasteiger partial charge in [0.15, 0.2) is 0 Å². The lowest BCUT2D eigenvalue weighted by Gasteiger charge is -2.27. The molecule has 1 aliphatic carbocycles.